The van der Waals surface area contributed by atoms with Gasteiger partial charge in [0.05, 0.1) is 0 Å². The van der Waals surface area contributed by atoms with E-state index >= 15 is 0 Å². The fourth-order valence-corrected chi connectivity index (χ4v) is 6.63. The molecule has 0 bridgehead atoms. The molecule has 42 heavy (non-hydrogen) atoms. The van der Waals surface area contributed by atoms with E-state index in [0.717, 1.165) is 0 Å². The van der Waals surface area contributed by atoms with Gasteiger partial charge in [0.15, 0.2) is 0 Å². The molecule has 0 aliphatic heterocycles. The fourth-order valence-electron chi connectivity index (χ4n) is 6.63. The van der Waals surface area contributed by atoms with Crippen molar-refractivity contribution in [1.29, 1.82) is 0 Å². The second-order valence-electron chi connectivity index (χ2n) is 11.7. The van der Waals surface area contributed by atoms with Gasteiger partial charge in [-0.2, -0.15) is 0 Å². The second kappa shape index (κ2) is 10.5. The van der Waals surface area contributed by atoms with E-state index in [4.69, 9.17) is 0 Å². The minimum atomic E-state index is 1.24. The number of fused-ring (bicyclic) bond motifs is 3. The smallest absolute Gasteiger partial charge is 0.00137 e. The standard InChI is InChI=1S/C42H34/c1-27-12-8-17-32(22-27)38-37-26-31-16-6-5-7-21-36(31)42(37)41(35-20-11-15-30(4)25-35)40(34-19-10-14-29(3)24-34)39(38)33-18-9-13-28(2)23-33/h5-26H,1-4H3. The van der Waals surface area contributed by atoms with Crippen LogP contribution in [0.2, 0.25) is 0 Å². The Labute approximate surface area is 249 Å². The van der Waals surface area contributed by atoms with Gasteiger partial charge < -0.3 is 0 Å². The maximum Gasteiger partial charge on any atom is -0.00137 e. The van der Waals surface area contributed by atoms with Crippen LogP contribution < -0.4 is 0 Å². The molecule has 0 atom stereocenters. The van der Waals surface area contributed by atoms with Crippen LogP contribution in [0.25, 0.3) is 66.4 Å². The zero-order chi connectivity index (χ0) is 28.8. The Balaban J connectivity index is 1.82. The summed E-state index contributed by atoms with van der Waals surface area (Å²) < 4.78 is 0. The van der Waals surface area contributed by atoms with E-state index in [9.17, 15) is 0 Å². The van der Waals surface area contributed by atoms with Gasteiger partial charge in [0, 0.05) is 0 Å². The summed E-state index contributed by atoms with van der Waals surface area (Å²) in [6, 6.07) is 49.5. The lowest BCUT2D eigenvalue weighted by molar-refractivity contribution is 1.44. The topological polar surface area (TPSA) is 0 Å². The molecule has 5 aromatic rings. The largest absolute Gasteiger partial charge is 0.0622 e. The lowest BCUT2D eigenvalue weighted by Gasteiger charge is -2.24. The van der Waals surface area contributed by atoms with Crippen molar-refractivity contribution in [1.82, 2.24) is 0 Å². The Kier molecular flexibility index (Phi) is 6.48. The molecule has 2 aliphatic rings. The zero-order valence-electron chi connectivity index (χ0n) is 24.7. The molecule has 0 unspecified atom stereocenters. The van der Waals surface area contributed by atoms with Gasteiger partial charge in [0.1, 0.15) is 0 Å². The number of hydrogen-bond acceptors (Lipinski definition) is 0. The minimum Gasteiger partial charge on any atom is -0.0622 e. The molecule has 0 amide bonds. The molecule has 0 saturated carbocycles. The van der Waals surface area contributed by atoms with Crippen molar-refractivity contribution in [2.45, 2.75) is 27.7 Å². The fraction of sp³-hybridized carbons (Fsp3) is 0.0952. The quantitative estimate of drug-likeness (QED) is 0.209. The summed E-state index contributed by atoms with van der Waals surface area (Å²) in [6.45, 7) is 8.77. The molecule has 202 valence electrons. The maximum absolute atomic E-state index is 2.42. The van der Waals surface area contributed by atoms with Crippen molar-refractivity contribution in [2.24, 2.45) is 0 Å². The van der Waals surface area contributed by atoms with E-state index in [1.165, 1.54) is 88.7 Å². The highest BCUT2D eigenvalue weighted by molar-refractivity contribution is 6.24. The van der Waals surface area contributed by atoms with Gasteiger partial charge in [-0.05, 0) is 100 Å². The molecule has 0 nitrogen and oxygen atoms in total. The van der Waals surface area contributed by atoms with Gasteiger partial charge in [0.2, 0.25) is 0 Å². The molecule has 2 aliphatic carbocycles. The minimum absolute atomic E-state index is 1.24. The molecule has 0 N–H and O–H groups in total. The van der Waals surface area contributed by atoms with E-state index < -0.39 is 0 Å². The number of rotatable bonds is 4. The zero-order valence-corrected chi connectivity index (χ0v) is 24.7. The van der Waals surface area contributed by atoms with Crippen molar-refractivity contribution < 1.29 is 0 Å². The third-order valence-electron chi connectivity index (χ3n) is 8.41. The Hall–Kier alpha value is -4.94. The molecular formula is C42H34. The summed E-state index contributed by atoms with van der Waals surface area (Å²) in [5.41, 5.74) is 17.7. The van der Waals surface area contributed by atoms with Crippen LogP contribution in [0.3, 0.4) is 0 Å². The third-order valence-corrected chi connectivity index (χ3v) is 8.41. The first-order valence-corrected chi connectivity index (χ1v) is 14.8. The summed E-state index contributed by atoms with van der Waals surface area (Å²) in [4.78, 5) is 0. The number of benzene rings is 5. The first-order chi connectivity index (χ1) is 20.5. The van der Waals surface area contributed by atoms with Gasteiger partial charge in [-0.1, -0.05) is 150 Å². The Bertz CT molecular complexity index is 2070. The Morgan fingerprint density at radius 3 is 1.21 bits per heavy atom. The van der Waals surface area contributed by atoms with Crippen LogP contribution in [-0.2, 0) is 0 Å². The molecule has 0 aromatic heterocycles. The van der Waals surface area contributed by atoms with Crippen molar-refractivity contribution in [3.8, 4) is 55.6 Å². The molecule has 5 aromatic carbocycles. The summed E-state index contributed by atoms with van der Waals surface area (Å²) in [6.07, 6.45) is 0. The van der Waals surface area contributed by atoms with Crippen LogP contribution in [-0.4, -0.2) is 0 Å². The van der Waals surface area contributed by atoms with Crippen LogP contribution in [0.5, 0.6) is 0 Å². The molecule has 7 rings (SSSR count). The first-order valence-electron chi connectivity index (χ1n) is 14.8. The lowest BCUT2D eigenvalue weighted by atomic mass is 9.79. The van der Waals surface area contributed by atoms with Crippen LogP contribution in [0.15, 0.2) is 133 Å². The highest BCUT2D eigenvalue weighted by atomic mass is 14.3. The van der Waals surface area contributed by atoms with Gasteiger partial charge in [0.25, 0.3) is 0 Å². The summed E-state index contributed by atoms with van der Waals surface area (Å²) in [5, 5.41) is 2.61. The van der Waals surface area contributed by atoms with Crippen molar-refractivity contribution in [3.05, 3.63) is 156 Å². The lowest BCUT2D eigenvalue weighted by Crippen LogP contribution is -1.97. The van der Waals surface area contributed by atoms with Crippen LogP contribution in [0.4, 0.5) is 0 Å². The van der Waals surface area contributed by atoms with Gasteiger partial charge in [-0.15, -0.1) is 0 Å². The Morgan fingerprint density at radius 2 is 0.714 bits per heavy atom. The third kappa shape index (κ3) is 4.50. The predicted molar refractivity (Wildman–Crippen MR) is 181 cm³/mol. The molecule has 0 heterocycles. The van der Waals surface area contributed by atoms with E-state index in [-0.39, 0.29) is 0 Å². The summed E-state index contributed by atoms with van der Waals surface area (Å²) >= 11 is 0. The van der Waals surface area contributed by atoms with Gasteiger partial charge >= 0.3 is 0 Å². The molecule has 0 fully saturated rings. The second-order valence-corrected chi connectivity index (χ2v) is 11.7. The van der Waals surface area contributed by atoms with E-state index in [0.29, 0.717) is 0 Å². The molecule has 0 spiro atoms. The average Bonchev–Trinajstić information content (AvgIpc) is 3.16. The molecule has 0 saturated heterocycles. The van der Waals surface area contributed by atoms with E-state index in [1.54, 1.807) is 0 Å². The van der Waals surface area contributed by atoms with Crippen LogP contribution in [0, 0.1) is 27.7 Å². The maximum atomic E-state index is 2.42. The monoisotopic (exact) mass is 538 g/mol. The number of hydrogen-bond donors (Lipinski definition) is 0. The van der Waals surface area contributed by atoms with Crippen molar-refractivity contribution in [3.63, 3.8) is 0 Å². The van der Waals surface area contributed by atoms with Crippen molar-refractivity contribution >= 4 is 10.8 Å². The highest BCUT2D eigenvalue weighted by Crippen LogP contribution is 2.54. The van der Waals surface area contributed by atoms with E-state index in [1.807, 2.05) is 0 Å². The van der Waals surface area contributed by atoms with Crippen molar-refractivity contribution in [2.75, 3.05) is 0 Å². The average molecular weight is 539 g/mol. The van der Waals surface area contributed by atoms with Gasteiger partial charge in [-0.3, -0.25) is 0 Å². The highest BCUT2D eigenvalue weighted by Gasteiger charge is 2.27. The first kappa shape index (κ1) is 26.0. The van der Waals surface area contributed by atoms with Gasteiger partial charge in [-0.25, -0.2) is 0 Å². The van der Waals surface area contributed by atoms with Crippen LogP contribution in [0.1, 0.15) is 22.3 Å². The molecular weight excluding hydrogens is 504 g/mol. The summed E-state index contributed by atoms with van der Waals surface area (Å²) in [7, 11) is 0. The normalized spacial score (nSPS) is 11.3. The predicted octanol–water partition coefficient (Wildman–Crippen LogP) is 11.8. The number of aryl methyl sites for hydroxylation is 4. The Morgan fingerprint density at radius 1 is 0.310 bits per heavy atom. The molecule has 0 radical (unpaired) electrons. The van der Waals surface area contributed by atoms with E-state index in [2.05, 4.69) is 161 Å². The summed E-state index contributed by atoms with van der Waals surface area (Å²) in [5.74, 6) is 0. The molecule has 0 heteroatoms. The van der Waals surface area contributed by atoms with Crippen LogP contribution >= 0.6 is 0 Å². The SMILES string of the molecule is Cc1cccc(-c2c(-c3cccc(C)c3)c(-c3cccc(C)c3)c3c4cccccc-4cc3c2-c2cccc(C)c2)c1.